The molecule has 0 saturated heterocycles. The molecule has 0 saturated carbocycles. The van der Waals surface area contributed by atoms with Gasteiger partial charge in [-0.1, -0.05) is 33.6 Å². The van der Waals surface area contributed by atoms with Gasteiger partial charge in [0, 0.05) is 18.3 Å². The molecule has 0 aliphatic rings. The summed E-state index contributed by atoms with van der Waals surface area (Å²) in [6.07, 6.45) is 3.88. The zero-order valence-electron chi connectivity index (χ0n) is 11.6. The number of aromatic nitrogens is 2. The molecule has 0 aliphatic carbocycles. The third kappa shape index (κ3) is 4.47. The van der Waals surface area contributed by atoms with Gasteiger partial charge in [0.25, 0.3) is 10.0 Å². The van der Waals surface area contributed by atoms with E-state index in [0.29, 0.717) is 18.2 Å². The minimum atomic E-state index is -3.55. The lowest BCUT2D eigenvalue weighted by Crippen LogP contribution is -2.33. The molecule has 1 unspecified atom stereocenters. The molecule has 2 N–H and O–H groups in total. The summed E-state index contributed by atoms with van der Waals surface area (Å²) in [5.41, 5.74) is 0. The molecule has 1 atom stereocenters. The van der Waals surface area contributed by atoms with E-state index >= 15 is 0 Å². The maximum atomic E-state index is 12.0. The monoisotopic (exact) mass is 307 g/mol. The van der Waals surface area contributed by atoms with Crippen LogP contribution < -0.4 is 4.72 Å². The van der Waals surface area contributed by atoms with Gasteiger partial charge in [-0.05, 0) is 5.92 Å². The van der Waals surface area contributed by atoms with Gasteiger partial charge >= 0.3 is 0 Å². The van der Waals surface area contributed by atoms with Crippen LogP contribution in [0.3, 0.4) is 0 Å². The van der Waals surface area contributed by atoms with Crippen molar-refractivity contribution in [2.45, 2.75) is 50.4 Å². The van der Waals surface area contributed by atoms with Crippen LogP contribution in [0.1, 0.15) is 39.4 Å². The van der Waals surface area contributed by atoms with E-state index in [2.05, 4.69) is 28.5 Å². The fourth-order valence-corrected chi connectivity index (χ4v) is 3.42. The highest BCUT2D eigenvalue weighted by Crippen LogP contribution is 2.18. The Morgan fingerprint density at radius 2 is 2.00 bits per heavy atom. The zero-order valence-corrected chi connectivity index (χ0v) is 13.2. The standard InChI is InChI=1S/C12H22ClN3O2S/c1-4-9(5-2)10(13)7-15-19(17,18)12-8-14-11(6-3)16-12/h8-10,15H,4-7H2,1-3H3,(H,14,16). The van der Waals surface area contributed by atoms with Crippen molar-refractivity contribution >= 4 is 21.6 Å². The van der Waals surface area contributed by atoms with E-state index in [1.54, 1.807) is 0 Å². The number of nitrogens with zero attached hydrogens (tertiary/aromatic N) is 1. The highest BCUT2D eigenvalue weighted by Gasteiger charge is 2.21. The number of imidazole rings is 1. The molecule has 1 aromatic rings. The minimum absolute atomic E-state index is 0.0952. The van der Waals surface area contributed by atoms with Crippen LogP contribution in [-0.2, 0) is 16.4 Å². The van der Waals surface area contributed by atoms with Crippen molar-refractivity contribution in [2.24, 2.45) is 5.92 Å². The number of aromatic amines is 1. The quantitative estimate of drug-likeness (QED) is 0.724. The van der Waals surface area contributed by atoms with E-state index in [1.807, 2.05) is 6.92 Å². The molecule has 0 radical (unpaired) electrons. The second kappa shape index (κ2) is 7.26. The molecular formula is C12H22ClN3O2S. The first kappa shape index (κ1) is 16.5. The van der Waals surface area contributed by atoms with Crippen LogP contribution in [0.2, 0.25) is 0 Å². The summed E-state index contributed by atoms with van der Waals surface area (Å²) in [6.45, 7) is 6.25. The first-order valence-electron chi connectivity index (χ1n) is 6.62. The van der Waals surface area contributed by atoms with Crippen LogP contribution in [0.25, 0.3) is 0 Å². The SMILES string of the molecule is CCc1ncc(S(=O)(=O)NCC(Cl)C(CC)CC)[nH]1. The lowest BCUT2D eigenvalue weighted by atomic mass is 9.99. The molecule has 1 heterocycles. The van der Waals surface area contributed by atoms with E-state index in [9.17, 15) is 8.42 Å². The second-order valence-electron chi connectivity index (χ2n) is 4.49. The van der Waals surface area contributed by atoms with E-state index in [-0.39, 0.29) is 16.9 Å². The highest BCUT2D eigenvalue weighted by atomic mass is 35.5. The van der Waals surface area contributed by atoms with Gasteiger partial charge in [0.1, 0.15) is 5.82 Å². The lowest BCUT2D eigenvalue weighted by molar-refractivity contribution is 0.460. The predicted molar refractivity (Wildman–Crippen MR) is 76.9 cm³/mol. The third-order valence-corrected chi connectivity index (χ3v) is 5.10. The van der Waals surface area contributed by atoms with Gasteiger partial charge in [-0.3, -0.25) is 0 Å². The van der Waals surface area contributed by atoms with Crippen LogP contribution in [-0.4, -0.2) is 30.3 Å². The molecule has 0 aromatic carbocycles. The van der Waals surface area contributed by atoms with Crippen LogP contribution in [0.5, 0.6) is 0 Å². The maximum absolute atomic E-state index is 12.0. The van der Waals surface area contributed by atoms with Crippen LogP contribution >= 0.6 is 11.6 Å². The first-order valence-corrected chi connectivity index (χ1v) is 8.54. The summed E-state index contributed by atoms with van der Waals surface area (Å²) in [5, 5.41) is -0.101. The smallest absolute Gasteiger partial charge is 0.257 e. The van der Waals surface area contributed by atoms with Crippen molar-refractivity contribution in [3.05, 3.63) is 12.0 Å². The number of aryl methyl sites for hydroxylation is 1. The van der Waals surface area contributed by atoms with E-state index in [1.165, 1.54) is 6.20 Å². The predicted octanol–water partition coefficient (Wildman–Crippen LogP) is 2.29. The number of halogens is 1. The van der Waals surface area contributed by atoms with E-state index < -0.39 is 10.0 Å². The van der Waals surface area contributed by atoms with Crippen molar-refractivity contribution in [1.29, 1.82) is 0 Å². The summed E-state index contributed by atoms with van der Waals surface area (Å²) in [4.78, 5) is 6.77. The minimum Gasteiger partial charge on any atom is -0.332 e. The fourth-order valence-electron chi connectivity index (χ4n) is 1.89. The number of rotatable bonds is 8. The van der Waals surface area contributed by atoms with Crippen LogP contribution in [0.4, 0.5) is 0 Å². The first-order chi connectivity index (χ1) is 8.94. The normalized spacial score (nSPS) is 13.9. The number of alkyl halides is 1. The Labute approximate surface area is 120 Å². The summed E-state index contributed by atoms with van der Waals surface area (Å²) in [5.74, 6) is 0.972. The summed E-state index contributed by atoms with van der Waals surface area (Å²) in [7, 11) is -3.55. The maximum Gasteiger partial charge on any atom is 0.257 e. The van der Waals surface area contributed by atoms with Gasteiger partial charge in [-0.15, -0.1) is 11.6 Å². The summed E-state index contributed by atoms with van der Waals surface area (Å²) >= 11 is 6.22. The highest BCUT2D eigenvalue weighted by molar-refractivity contribution is 7.89. The Hall–Kier alpha value is -0.590. The van der Waals surface area contributed by atoms with Gasteiger partial charge in [-0.2, -0.15) is 0 Å². The van der Waals surface area contributed by atoms with Crippen LogP contribution in [0, 0.1) is 5.92 Å². The molecule has 110 valence electrons. The summed E-state index contributed by atoms with van der Waals surface area (Å²) < 4.78 is 26.6. The molecule has 1 aromatic heterocycles. The van der Waals surface area contributed by atoms with Crippen molar-refractivity contribution in [1.82, 2.24) is 14.7 Å². The molecular weight excluding hydrogens is 286 g/mol. The van der Waals surface area contributed by atoms with Crippen molar-refractivity contribution < 1.29 is 8.42 Å². The molecule has 19 heavy (non-hydrogen) atoms. The molecule has 0 spiro atoms. The topological polar surface area (TPSA) is 74.8 Å². The number of sulfonamides is 1. The van der Waals surface area contributed by atoms with Gasteiger partial charge in [0.05, 0.1) is 6.20 Å². The van der Waals surface area contributed by atoms with E-state index in [0.717, 1.165) is 12.8 Å². The molecule has 0 bridgehead atoms. The number of H-pyrrole nitrogens is 1. The van der Waals surface area contributed by atoms with Crippen molar-refractivity contribution in [2.75, 3.05) is 6.54 Å². The molecule has 0 aliphatic heterocycles. The fraction of sp³-hybridized carbons (Fsp3) is 0.750. The molecule has 0 fully saturated rings. The Morgan fingerprint density at radius 3 is 2.47 bits per heavy atom. The third-order valence-electron chi connectivity index (χ3n) is 3.26. The van der Waals surface area contributed by atoms with Gasteiger partial charge < -0.3 is 4.98 Å². The number of hydrogen-bond acceptors (Lipinski definition) is 3. The Kier molecular flexibility index (Phi) is 6.29. The number of hydrogen-bond donors (Lipinski definition) is 2. The molecule has 0 amide bonds. The average molecular weight is 308 g/mol. The van der Waals surface area contributed by atoms with Gasteiger partial charge in [-0.25, -0.2) is 18.1 Å². The Balaban J connectivity index is 2.65. The van der Waals surface area contributed by atoms with Gasteiger partial charge in [0.2, 0.25) is 0 Å². The average Bonchev–Trinajstić information content (AvgIpc) is 2.87. The number of nitrogens with one attached hydrogen (secondary N) is 2. The molecule has 1 rings (SSSR count). The van der Waals surface area contributed by atoms with Gasteiger partial charge in [0.15, 0.2) is 5.03 Å². The van der Waals surface area contributed by atoms with Crippen molar-refractivity contribution in [3.8, 4) is 0 Å². The molecule has 7 heteroatoms. The molecule has 5 nitrogen and oxygen atoms in total. The Bertz CT molecular complexity index is 483. The van der Waals surface area contributed by atoms with Crippen molar-refractivity contribution in [3.63, 3.8) is 0 Å². The largest absolute Gasteiger partial charge is 0.332 e. The lowest BCUT2D eigenvalue weighted by Gasteiger charge is -2.19. The van der Waals surface area contributed by atoms with Crippen LogP contribution in [0.15, 0.2) is 11.2 Å². The Morgan fingerprint density at radius 1 is 1.37 bits per heavy atom. The zero-order chi connectivity index (χ0) is 14.5. The second-order valence-corrected chi connectivity index (χ2v) is 6.79. The van der Waals surface area contributed by atoms with E-state index in [4.69, 9.17) is 11.6 Å². The summed E-state index contributed by atoms with van der Waals surface area (Å²) in [6, 6.07) is 0.